The van der Waals surface area contributed by atoms with E-state index in [4.69, 9.17) is 28.9 Å². The van der Waals surface area contributed by atoms with Gasteiger partial charge in [0.1, 0.15) is 11.0 Å². The van der Waals surface area contributed by atoms with Gasteiger partial charge >= 0.3 is 11.9 Å². The van der Waals surface area contributed by atoms with Crippen LogP contribution in [-0.2, 0) is 6.54 Å². The third-order valence-electron chi connectivity index (χ3n) is 6.24. The molecular weight excluding hydrogens is 578 g/mol. The van der Waals surface area contributed by atoms with E-state index >= 15 is 0 Å². The number of aromatic nitrogens is 3. The number of aryl methyl sites for hydroxylation is 1. The van der Waals surface area contributed by atoms with E-state index < -0.39 is 17.8 Å². The van der Waals surface area contributed by atoms with Gasteiger partial charge < -0.3 is 10.6 Å². The second kappa shape index (κ2) is 12.2. The van der Waals surface area contributed by atoms with Crippen LogP contribution in [0.1, 0.15) is 38.5 Å². The van der Waals surface area contributed by atoms with Crippen LogP contribution in [0.15, 0.2) is 77.9 Å². The molecule has 2 aromatic carbocycles. The van der Waals surface area contributed by atoms with E-state index in [-0.39, 0.29) is 28.0 Å². The maximum absolute atomic E-state index is 14.2. The number of hydrogen-bond acceptors (Lipinski definition) is 5. The quantitative estimate of drug-likeness (QED) is 0.245. The van der Waals surface area contributed by atoms with Crippen molar-refractivity contribution in [1.29, 1.82) is 0 Å². The Bertz CT molecular complexity index is 1670. The molecule has 0 aliphatic heterocycles. The minimum Gasteiger partial charge on any atom is -0.383 e. The summed E-state index contributed by atoms with van der Waals surface area (Å²) in [5.41, 5.74) is 7.00. The summed E-state index contributed by atoms with van der Waals surface area (Å²) < 4.78 is 43.6. The van der Waals surface area contributed by atoms with Gasteiger partial charge in [0.05, 0.1) is 11.6 Å². The lowest BCUT2D eigenvalue weighted by molar-refractivity contribution is -0.139. The molecule has 41 heavy (non-hydrogen) atoms. The molecule has 212 valence electrons. The molecule has 7 nitrogen and oxygen atoms in total. The highest BCUT2D eigenvalue weighted by Crippen LogP contribution is 2.38. The van der Waals surface area contributed by atoms with Gasteiger partial charge in [-0.3, -0.25) is 9.36 Å². The first-order chi connectivity index (χ1) is 19.3. The summed E-state index contributed by atoms with van der Waals surface area (Å²) in [6.07, 6.45) is 0.577. The molecule has 1 atom stereocenters. The number of hydrogen-bond donors (Lipinski definition) is 1. The van der Waals surface area contributed by atoms with Crippen molar-refractivity contribution < 1.29 is 18.0 Å². The molecule has 2 aromatic heterocycles. The number of nitrogens with two attached hydrogens (primary N) is 1. The smallest absolute Gasteiger partial charge is 0.383 e. The number of amides is 1. The number of anilines is 1. The molecule has 0 saturated heterocycles. The minimum atomic E-state index is -4.66. The summed E-state index contributed by atoms with van der Waals surface area (Å²) in [5.74, 6) is -2.30. The average molecular weight is 602 g/mol. The fourth-order valence-electron chi connectivity index (χ4n) is 4.23. The van der Waals surface area contributed by atoms with Gasteiger partial charge in [0.15, 0.2) is 0 Å². The standard InChI is InChI=1S/C29H24Cl2F3N5O2/c1-17-11-18(3-6-23(17)27(40)38(2)16-19-5-8-25(31)36-15-19)4-7-24(29(32,33)34)20-12-21(30)14-22(13-20)39-10-9-26(35)37-28(39)41/h3-15,24H,16H2,1-2H3,(H2,35,37,41)/b7-4+. The number of allylic oxidation sites excluding steroid dienone is 1. The summed E-state index contributed by atoms with van der Waals surface area (Å²) in [7, 11) is 1.64. The molecule has 12 heteroatoms. The summed E-state index contributed by atoms with van der Waals surface area (Å²) in [6, 6.07) is 13.3. The Morgan fingerprint density at radius 3 is 2.51 bits per heavy atom. The maximum atomic E-state index is 14.2. The van der Waals surface area contributed by atoms with Crippen molar-refractivity contribution in [1.82, 2.24) is 19.4 Å². The molecule has 1 amide bonds. The molecule has 4 aromatic rings. The van der Waals surface area contributed by atoms with Crippen LogP contribution in [-0.4, -0.2) is 38.6 Å². The average Bonchev–Trinajstić information content (AvgIpc) is 2.88. The van der Waals surface area contributed by atoms with Gasteiger partial charge in [0.2, 0.25) is 0 Å². The highest BCUT2D eigenvalue weighted by Gasteiger charge is 2.39. The lowest BCUT2D eigenvalue weighted by atomic mass is 9.95. The van der Waals surface area contributed by atoms with Crippen LogP contribution in [0.3, 0.4) is 0 Å². The molecule has 2 heterocycles. The fraction of sp³-hybridized carbons (Fsp3) is 0.172. The number of alkyl halides is 3. The number of benzene rings is 2. The van der Waals surface area contributed by atoms with Crippen molar-refractivity contribution >= 4 is 41.0 Å². The lowest BCUT2D eigenvalue weighted by Gasteiger charge is -2.19. The van der Waals surface area contributed by atoms with Crippen molar-refractivity contribution in [3.8, 4) is 5.69 Å². The zero-order chi connectivity index (χ0) is 29.9. The molecule has 0 bridgehead atoms. The third kappa shape index (κ3) is 7.33. The highest BCUT2D eigenvalue weighted by molar-refractivity contribution is 6.30. The zero-order valence-corrected chi connectivity index (χ0v) is 23.4. The number of carbonyl (C=O) groups excluding carboxylic acids is 1. The molecule has 2 N–H and O–H groups in total. The topological polar surface area (TPSA) is 94.1 Å². The first-order valence-electron chi connectivity index (χ1n) is 12.2. The van der Waals surface area contributed by atoms with Crippen molar-refractivity contribution in [2.24, 2.45) is 0 Å². The summed E-state index contributed by atoms with van der Waals surface area (Å²) in [6.45, 7) is 2.02. The zero-order valence-electron chi connectivity index (χ0n) is 21.9. The van der Waals surface area contributed by atoms with Crippen molar-refractivity contribution in [2.75, 3.05) is 12.8 Å². The fourth-order valence-corrected chi connectivity index (χ4v) is 4.58. The Morgan fingerprint density at radius 2 is 1.88 bits per heavy atom. The number of nitrogens with zero attached hydrogens (tertiary/aromatic N) is 4. The van der Waals surface area contributed by atoms with Gasteiger partial charge in [-0.2, -0.15) is 18.2 Å². The van der Waals surface area contributed by atoms with Gasteiger partial charge in [0, 0.05) is 36.6 Å². The monoisotopic (exact) mass is 601 g/mol. The molecule has 0 radical (unpaired) electrons. The Kier molecular flexibility index (Phi) is 8.84. The lowest BCUT2D eigenvalue weighted by Crippen LogP contribution is -2.26. The first-order valence-corrected chi connectivity index (χ1v) is 12.9. The van der Waals surface area contributed by atoms with E-state index in [9.17, 15) is 22.8 Å². The first kappa shape index (κ1) is 29.8. The van der Waals surface area contributed by atoms with Crippen LogP contribution in [0, 0.1) is 6.92 Å². The second-order valence-electron chi connectivity index (χ2n) is 9.35. The van der Waals surface area contributed by atoms with Crippen LogP contribution < -0.4 is 11.4 Å². The van der Waals surface area contributed by atoms with Crippen LogP contribution in [0.25, 0.3) is 11.8 Å². The minimum absolute atomic E-state index is 0.0149. The summed E-state index contributed by atoms with van der Waals surface area (Å²) in [4.78, 5) is 34.4. The second-order valence-corrected chi connectivity index (χ2v) is 10.2. The van der Waals surface area contributed by atoms with Gasteiger partial charge in [-0.25, -0.2) is 9.78 Å². The maximum Gasteiger partial charge on any atom is 0.399 e. The van der Waals surface area contributed by atoms with E-state index in [0.717, 1.165) is 16.2 Å². The SMILES string of the molecule is Cc1cc(/C=C/C(c2cc(Cl)cc(-n3ccc(N)nc3=O)c2)C(F)(F)F)ccc1C(=O)N(C)Cc1ccc(Cl)nc1. The molecule has 0 aliphatic carbocycles. The largest absolute Gasteiger partial charge is 0.399 e. The van der Waals surface area contributed by atoms with Crippen molar-refractivity contribution in [3.63, 3.8) is 0 Å². The van der Waals surface area contributed by atoms with E-state index in [2.05, 4.69) is 9.97 Å². The van der Waals surface area contributed by atoms with Crippen LogP contribution in [0.4, 0.5) is 19.0 Å². The van der Waals surface area contributed by atoms with E-state index in [1.165, 1.54) is 41.4 Å². The molecular formula is C29H24Cl2F3N5O2. The number of nitrogen functional groups attached to an aromatic ring is 1. The van der Waals surface area contributed by atoms with Gasteiger partial charge in [-0.15, -0.1) is 0 Å². The van der Waals surface area contributed by atoms with Crippen molar-refractivity contribution in [3.05, 3.63) is 122 Å². The number of carbonyl (C=O) groups is 1. The Balaban J connectivity index is 1.59. The summed E-state index contributed by atoms with van der Waals surface area (Å²) in [5, 5.41) is 0.362. The number of rotatable bonds is 7. The highest BCUT2D eigenvalue weighted by atomic mass is 35.5. The molecule has 4 rings (SSSR count). The predicted octanol–water partition coefficient (Wildman–Crippen LogP) is 6.46. The molecule has 0 fully saturated rings. The Morgan fingerprint density at radius 1 is 1.12 bits per heavy atom. The van der Waals surface area contributed by atoms with E-state index in [1.807, 2.05) is 0 Å². The van der Waals surface area contributed by atoms with Gasteiger partial charge in [-0.1, -0.05) is 53.6 Å². The number of halogens is 5. The third-order valence-corrected chi connectivity index (χ3v) is 6.68. The Labute approximate surface area is 243 Å². The normalized spacial score (nSPS) is 12.5. The van der Waals surface area contributed by atoms with E-state index in [0.29, 0.717) is 28.4 Å². The van der Waals surface area contributed by atoms with Crippen LogP contribution in [0.2, 0.25) is 10.2 Å². The number of pyridine rings is 1. The predicted molar refractivity (Wildman–Crippen MR) is 153 cm³/mol. The molecule has 0 saturated carbocycles. The molecule has 0 spiro atoms. The van der Waals surface area contributed by atoms with Gasteiger partial charge in [0.25, 0.3) is 5.91 Å². The van der Waals surface area contributed by atoms with E-state index in [1.54, 1.807) is 50.5 Å². The van der Waals surface area contributed by atoms with Crippen molar-refractivity contribution in [2.45, 2.75) is 25.6 Å². The molecule has 0 aliphatic rings. The Hall–Kier alpha value is -4.15. The molecule has 1 unspecified atom stereocenters. The van der Waals surface area contributed by atoms with Crippen LogP contribution >= 0.6 is 23.2 Å². The van der Waals surface area contributed by atoms with Crippen LogP contribution in [0.5, 0.6) is 0 Å². The summed E-state index contributed by atoms with van der Waals surface area (Å²) >= 11 is 12.0. The van der Waals surface area contributed by atoms with Gasteiger partial charge in [-0.05, 0) is 65.6 Å².